The van der Waals surface area contributed by atoms with Gasteiger partial charge in [-0.3, -0.25) is 0 Å². The average molecular weight is 252 g/mol. The van der Waals surface area contributed by atoms with Crippen molar-refractivity contribution in [2.75, 3.05) is 0 Å². The monoisotopic (exact) mass is 251 g/mol. The summed E-state index contributed by atoms with van der Waals surface area (Å²) in [5, 5.41) is 0. The Morgan fingerprint density at radius 2 is 2.00 bits per heavy atom. The third-order valence-electron chi connectivity index (χ3n) is 2.09. The molecule has 0 amide bonds. The highest BCUT2D eigenvalue weighted by atomic mass is 79.9. The van der Waals surface area contributed by atoms with Gasteiger partial charge < -0.3 is 10.2 Å². The lowest BCUT2D eigenvalue weighted by molar-refractivity contribution is 0.579. The van der Waals surface area contributed by atoms with E-state index in [1.54, 1.807) is 6.26 Å². The van der Waals surface area contributed by atoms with Crippen LogP contribution < -0.4 is 5.73 Å². The van der Waals surface area contributed by atoms with Crippen LogP contribution in [0.15, 0.2) is 45.5 Å². The van der Waals surface area contributed by atoms with Gasteiger partial charge in [0.2, 0.25) is 0 Å². The van der Waals surface area contributed by atoms with Crippen molar-refractivity contribution in [1.29, 1.82) is 0 Å². The van der Waals surface area contributed by atoms with Crippen LogP contribution in [0.25, 0.3) is 11.3 Å². The molecule has 2 rings (SSSR count). The van der Waals surface area contributed by atoms with Crippen molar-refractivity contribution in [2.24, 2.45) is 5.73 Å². The van der Waals surface area contributed by atoms with E-state index in [2.05, 4.69) is 15.9 Å². The molecule has 1 aromatic heterocycles. The van der Waals surface area contributed by atoms with Crippen molar-refractivity contribution >= 4 is 15.9 Å². The highest BCUT2D eigenvalue weighted by molar-refractivity contribution is 9.10. The van der Waals surface area contributed by atoms with E-state index in [1.165, 1.54) is 0 Å². The molecule has 0 saturated heterocycles. The number of halogens is 1. The second-order valence-electron chi connectivity index (χ2n) is 2.96. The summed E-state index contributed by atoms with van der Waals surface area (Å²) in [6.45, 7) is 0.493. The Kier molecular flexibility index (Phi) is 2.70. The molecule has 0 aliphatic heterocycles. The van der Waals surface area contributed by atoms with Gasteiger partial charge in [-0.25, -0.2) is 0 Å². The fraction of sp³-hybridized carbons (Fsp3) is 0.0909. The molecule has 0 fully saturated rings. The molecule has 0 saturated carbocycles. The van der Waals surface area contributed by atoms with E-state index in [9.17, 15) is 0 Å². The Morgan fingerprint density at radius 1 is 1.21 bits per heavy atom. The molecule has 0 atom stereocenters. The molecule has 0 spiro atoms. The van der Waals surface area contributed by atoms with Gasteiger partial charge in [0.05, 0.1) is 6.26 Å². The first kappa shape index (κ1) is 9.49. The van der Waals surface area contributed by atoms with Crippen LogP contribution in [-0.2, 0) is 6.54 Å². The van der Waals surface area contributed by atoms with Crippen LogP contribution in [0.3, 0.4) is 0 Å². The quantitative estimate of drug-likeness (QED) is 0.891. The lowest BCUT2D eigenvalue weighted by Gasteiger charge is -2.02. The molecule has 72 valence electrons. The zero-order valence-corrected chi connectivity index (χ0v) is 9.12. The van der Waals surface area contributed by atoms with Crippen molar-refractivity contribution < 1.29 is 4.42 Å². The third-order valence-corrected chi connectivity index (χ3v) is 2.78. The number of hydrogen-bond donors (Lipinski definition) is 1. The van der Waals surface area contributed by atoms with Crippen molar-refractivity contribution in [1.82, 2.24) is 0 Å². The van der Waals surface area contributed by atoms with E-state index in [1.807, 2.05) is 30.3 Å². The minimum atomic E-state index is 0.493. The first-order valence-electron chi connectivity index (χ1n) is 4.34. The first-order valence-corrected chi connectivity index (χ1v) is 5.13. The largest absolute Gasteiger partial charge is 0.464 e. The van der Waals surface area contributed by atoms with Gasteiger partial charge in [0.1, 0.15) is 5.76 Å². The van der Waals surface area contributed by atoms with Gasteiger partial charge in [-0.1, -0.05) is 34.1 Å². The molecular weight excluding hydrogens is 242 g/mol. The first-order chi connectivity index (χ1) is 6.83. The summed E-state index contributed by atoms with van der Waals surface area (Å²) in [7, 11) is 0. The molecule has 0 unspecified atom stereocenters. The molecular formula is C11H10BrNO. The zero-order valence-electron chi connectivity index (χ0n) is 7.53. The Labute approximate surface area is 90.9 Å². The van der Waals surface area contributed by atoms with E-state index in [0.717, 1.165) is 21.4 Å². The normalized spacial score (nSPS) is 10.4. The van der Waals surface area contributed by atoms with Gasteiger partial charge >= 0.3 is 0 Å². The Bertz CT molecular complexity index is 436. The van der Waals surface area contributed by atoms with Crippen LogP contribution in [0.4, 0.5) is 0 Å². The molecule has 0 bridgehead atoms. The second-order valence-corrected chi connectivity index (χ2v) is 3.81. The topological polar surface area (TPSA) is 39.2 Å². The van der Waals surface area contributed by atoms with Gasteiger partial charge in [-0.15, -0.1) is 0 Å². The summed E-state index contributed by atoms with van der Waals surface area (Å²) in [4.78, 5) is 0. The lowest BCUT2D eigenvalue weighted by atomic mass is 10.1. The molecule has 3 heteroatoms. The van der Waals surface area contributed by atoms with E-state index in [4.69, 9.17) is 10.2 Å². The van der Waals surface area contributed by atoms with Crippen LogP contribution in [0.5, 0.6) is 0 Å². The van der Waals surface area contributed by atoms with Gasteiger partial charge in [-0.05, 0) is 12.1 Å². The molecule has 1 heterocycles. The SMILES string of the molecule is NCc1ccoc1-c1ccccc1Br. The minimum Gasteiger partial charge on any atom is -0.464 e. The molecule has 2 N–H and O–H groups in total. The average Bonchev–Trinajstić information content (AvgIpc) is 2.66. The molecule has 14 heavy (non-hydrogen) atoms. The van der Waals surface area contributed by atoms with Crippen molar-refractivity contribution in [3.05, 3.63) is 46.6 Å². The maximum absolute atomic E-state index is 5.61. The summed E-state index contributed by atoms with van der Waals surface area (Å²) in [6, 6.07) is 9.83. The highest BCUT2D eigenvalue weighted by Crippen LogP contribution is 2.30. The van der Waals surface area contributed by atoms with E-state index in [0.29, 0.717) is 6.54 Å². The van der Waals surface area contributed by atoms with Crippen molar-refractivity contribution in [3.8, 4) is 11.3 Å². The van der Waals surface area contributed by atoms with E-state index < -0.39 is 0 Å². The van der Waals surface area contributed by atoms with Gasteiger partial charge in [-0.2, -0.15) is 0 Å². The minimum absolute atomic E-state index is 0.493. The van der Waals surface area contributed by atoms with Crippen LogP contribution in [0.1, 0.15) is 5.56 Å². The molecule has 2 aromatic rings. The Balaban J connectivity index is 2.54. The lowest BCUT2D eigenvalue weighted by Crippen LogP contribution is -1.95. The van der Waals surface area contributed by atoms with E-state index >= 15 is 0 Å². The summed E-state index contributed by atoms with van der Waals surface area (Å²) < 4.78 is 6.43. The molecule has 0 radical (unpaired) electrons. The fourth-order valence-electron chi connectivity index (χ4n) is 1.38. The third kappa shape index (κ3) is 1.61. The summed E-state index contributed by atoms with van der Waals surface area (Å²) >= 11 is 3.48. The van der Waals surface area contributed by atoms with Crippen molar-refractivity contribution in [2.45, 2.75) is 6.54 Å². The standard InChI is InChI=1S/C11H10BrNO/c12-10-4-2-1-3-9(10)11-8(7-13)5-6-14-11/h1-6H,7,13H2. The fourth-order valence-corrected chi connectivity index (χ4v) is 1.84. The molecule has 2 nitrogen and oxygen atoms in total. The smallest absolute Gasteiger partial charge is 0.139 e. The number of nitrogens with two attached hydrogens (primary N) is 1. The summed E-state index contributed by atoms with van der Waals surface area (Å²) in [5.41, 5.74) is 7.67. The number of rotatable bonds is 2. The van der Waals surface area contributed by atoms with Gasteiger partial charge in [0.25, 0.3) is 0 Å². The zero-order chi connectivity index (χ0) is 9.97. The number of benzene rings is 1. The molecule has 1 aromatic carbocycles. The predicted molar refractivity (Wildman–Crippen MR) is 59.7 cm³/mol. The predicted octanol–water partition coefficient (Wildman–Crippen LogP) is 3.17. The summed E-state index contributed by atoms with van der Waals surface area (Å²) in [5.74, 6) is 0.847. The molecule has 0 aliphatic rings. The molecule has 0 aliphatic carbocycles. The summed E-state index contributed by atoms with van der Waals surface area (Å²) in [6.07, 6.45) is 1.66. The van der Waals surface area contributed by atoms with Gasteiger partial charge in [0.15, 0.2) is 0 Å². The number of hydrogen-bond acceptors (Lipinski definition) is 2. The van der Waals surface area contributed by atoms with Crippen LogP contribution >= 0.6 is 15.9 Å². The maximum atomic E-state index is 5.61. The van der Waals surface area contributed by atoms with Crippen LogP contribution in [0.2, 0.25) is 0 Å². The van der Waals surface area contributed by atoms with Crippen LogP contribution in [0, 0.1) is 0 Å². The Hall–Kier alpha value is -1.06. The van der Waals surface area contributed by atoms with Gasteiger partial charge in [0, 0.05) is 22.1 Å². The highest BCUT2D eigenvalue weighted by Gasteiger charge is 2.09. The van der Waals surface area contributed by atoms with Crippen LogP contribution in [-0.4, -0.2) is 0 Å². The van der Waals surface area contributed by atoms with Crippen molar-refractivity contribution in [3.63, 3.8) is 0 Å². The Morgan fingerprint density at radius 3 is 2.71 bits per heavy atom. The second kappa shape index (κ2) is 3.98. The van der Waals surface area contributed by atoms with E-state index in [-0.39, 0.29) is 0 Å². The number of furan rings is 1. The maximum Gasteiger partial charge on any atom is 0.139 e.